The van der Waals surface area contributed by atoms with Crippen LogP contribution in [0.3, 0.4) is 0 Å². The maximum Gasteiger partial charge on any atom is 0.257 e. The van der Waals surface area contributed by atoms with Gasteiger partial charge in [0.15, 0.2) is 0 Å². The molecule has 2 rings (SSSR count). The number of benzene rings is 1. The normalized spacial score (nSPS) is 14.9. The average Bonchev–Trinajstić information content (AvgIpc) is 3.02. The third kappa shape index (κ3) is 2.08. The maximum absolute atomic E-state index is 13.6. The van der Waals surface area contributed by atoms with Crippen molar-refractivity contribution in [2.24, 2.45) is 0 Å². The molecule has 0 spiro atoms. The number of amides is 1. The zero-order valence-electron chi connectivity index (χ0n) is 9.66. The lowest BCUT2D eigenvalue weighted by atomic mass is 10.1. The minimum Gasteiger partial charge on any atom is -0.336 e. The van der Waals surface area contributed by atoms with Gasteiger partial charge in [-0.1, -0.05) is 6.07 Å². The van der Waals surface area contributed by atoms with Crippen LogP contribution in [0.4, 0.5) is 4.39 Å². The first-order valence-electron chi connectivity index (χ1n) is 5.70. The summed E-state index contributed by atoms with van der Waals surface area (Å²) in [6, 6.07) is 5.10. The highest BCUT2D eigenvalue weighted by Crippen LogP contribution is 2.28. The second kappa shape index (κ2) is 4.24. The van der Waals surface area contributed by atoms with E-state index >= 15 is 0 Å². The number of halogens is 1. The summed E-state index contributed by atoms with van der Waals surface area (Å²) in [6.07, 6.45) is 2.10. The summed E-state index contributed by atoms with van der Waals surface area (Å²) >= 11 is 0. The molecule has 0 bridgehead atoms. The molecule has 0 aliphatic heterocycles. The molecule has 3 heteroatoms. The van der Waals surface area contributed by atoms with Crippen molar-refractivity contribution in [1.29, 1.82) is 0 Å². The van der Waals surface area contributed by atoms with E-state index in [9.17, 15) is 9.18 Å². The van der Waals surface area contributed by atoms with Crippen LogP contribution in [0, 0.1) is 12.7 Å². The Hall–Kier alpha value is -1.38. The lowest BCUT2D eigenvalue weighted by Gasteiger charge is -2.20. The highest BCUT2D eigenvalue weighted by Gasteiger charge is 2.32. The van der Waals surface area contributed by atoms with Crippen molar-refractivity contribution in [2.75, 3.05) is 6.54 Å². The molecule has 86 valence electrons. The van der Waals surface area contributed by atoms with E-state index < -0.39 is 5.82 Å². The van der Waals surface area contributed by atoms with Gasteiger partial charge in [-0.15, -0.1) is 0 Å². The van der Waals surface area contributed by atoms with Gasteiger partial charge in [0.25, 0.3) is 5.91 Å². The summed E-state index contributed by atoms with van der Waals surface area (Å²) < 4.78 is 13.6. The van der Waals surface area contributed by atoms with E-state index in [0.717, 1.165) is 18.4 Å². The molecule has 1 amide bonds. The average molecular weight is 221 g/mol. The summed E-state index contributed by atoms with van der Waals surface area (Å²) in [5.74, 6) is -0.591. The van der Waals surface area contributed by atoms with Gasteiger partial charge in [0.2, 0.25) is 0 Å². The molecular formula is C13H16FNO. The molecule has 0 aromatic heterocycles. The van der Waals surface area contributed by atoms with Crippen molar-refractivity contribution < 1.29 is 9.18 Å². The third-order valence-electron chi connectivity index (χ3n) is 2.94. The second-order valence-corrected chi connectivity index (χ2v) is 4.31. The smallest absolute Gasteiger partial charge is 0.257 e. The van der Waals surface area contributed by atoms with Crippen LogP contribution in [0.5, 0.6) is 0 Å². The number of aryl methyl sites for hydroxylation is 1. The molecule has 1 aromatic rings. The summed E-state index contributed by atoms with van der Waals surface area (Å²) in [7, 11) is 0. The predicted octanol–water partition coefficient (Wildman–Crippen LogP) is 2.76. The molecule has 0 atom stereocenters. The van der Waals surface area contributed by atoms with Gasteiger partial charge in [-0.25, -0.2) is 4.39 Å². The number of rotatable bonds is 3. The van der Waals surface area contributed by atoms with Crippen LogP contribution in [0.1, 0.15) is 35.7 Å². The molecule has 1 aliphatic rings. The Kier molecular flexibility index (Phi) is 2.95. The first kappa shape index (κ1) is 11.1. The van der Waals surface area contributed by atoms with Gasteiger partial charge >= 0.3 is 0 Å². The van der Waals surface area contributed by atoms with Crippen LogP contribution in [0.2, 0.25) is 0 Å². The quantitative estimate of drug-likeness (QED) is 0.768. The van der Waals surface area contributed by atoms with Gasteiger partial charge < -0.3 is 4.90 Å². The van der Waals surface area contributed by atoms with Gasteiger partial charge in [0, 0.05) is 12.6 Å². The summed E-state index contributed by atoms with van der Waals surface area (Å²) in [6.45, 7) is 4.40. The SMILES string of the molecule is CCN(C(=O)c1ccc(C)cc1F)C1CC1. The zero-order chi connectivity index (χ0) is 11.7. The third-order valence-corrected chi connectivity index (χ3v) is 2.94. The first-order chi connectivity index (χ1) is 7.63. The summed E-state index contributed by atoms with van der Waals surface area (Å²) in [4.78, 5) is 13.8. The number of hydrogen-bond acceptors (Lipinski definition) is 1. The van der Waals surface area contributed by atoms with Crippen molar-refractivity contribution in [1.82, 2.24) is 4.90 Å². The molecule has 1 aliphatic carbocycles. The van der Waals surface area contributed by atoms with Crippen LogP contribution in [0.15, 0.2) is 18.2 Å². The monoisotopic (exact) mass is 221 g/mol. The highest BCUT2D eigenvalue weighted by atomic mass is 19.1. The minimum absolute atomic E-state index is 0.178. The Bertz CT molecular complexity index is 412. The lowest BCUT2D eigenvalue weighted by molar-refractivity contribution is 0.0748. The topological polar surface area (TPSA) is 20.3 Å². The highest BCUT2D eigenvalue weighted by molar-refractivity contribution is 5.95. The first-order valence-corrected chi connectivity index (χ1v) is 5.70. The van der Waals surface area contributed by atoms with Gasteiger partial charge in [0.05, 0.1) is 5.56 Å². The number of carbonyl (C=O) groups is 1. The largest absolute Gasteiger partial charge is 0.336 e. The molecule has 16 heavy (non-hydrogen) atoms. The Morgan fingerprint density at radius 2 is 2.19 bits per heavy atom. The Morgan fingerprint density at radius 3 is 2.69 bits per heavy atom. The Labute approximate surface area is 95.1 Å². The van der Waals surface area contributed by atoms with Crippen molar-refractivity contribution in [3.8, 4) is 0 Å². The standard InChI is InChI=1S/C13H16FNO/c1-3-15(10-5-6-10)13(16)11-7-4-9(2)8-12(11)14/h4,7-8,10H,3,5-6H2,1-2H3. The molecule has 2 nitrogen and oxygen atoms in total. The van der Waals surface area contributed by atoms with Gasteiger partial charge in [-0.3, -0.25) is 4.79 Å². The van der Waals surface area contributed by atoms with Crippen LogP contribution in [-0.2, 0) is 0 Å². The van der Waals surface area contributed by atoms with Crippen LogP contribution < -0.4 is 0 Å². The van der Waals surface area contributed by atoms with Crippen LogP contribution in [-0.4, -0.2) is 23.4 Å². The van der Waals surface area contributed by atoms with Gasteiger partial charge in [-0.05, 0) is 44.4 Å². The van der Waals surface area contributed by atoms with E-state index in [1.165, 1.54) is 6.07 Å². The molecule has 1 fully saturated rings. The van der Waals surface area contributed by atoms with E-state index in [2.05, 4.69) is 0 Å². The summed E-state index contributed by atoms with van der Waals surface area (Å²) in [5.41, 5.74) is 1.03. The van der Waals surface area contributed by atoms with Crippen LogP contribution >= 0.6 is 0 Å². The molecule has 0 N–H and O–H groups in total. The minimum atomic E-state index is -0.413. The molecule has 1 aromatic carbocycles. The van der Waals surface area contributed by atoms with E-state index in [-0.39, 0.29) is 11.5 Å². The van der Waals surface area contributed by atoms with E-state index in [4.69, 9.17) is 0 Å². The van der Waals surface area contributed by atoms with Crippen molar-refractivity contribution in [3.05, 3.63) is 35.1 Å². The maximum atomic E-state index is 13.6. The van der Waals surface area contributed by atoms with Gasteiger partial charge in [0.1, 0.15) is 5.82 Å². The Balaban J connectivity index is 2.25. The molecule has 0 unspecified atom stereocenters. The van der Waals surface area contributed by atoms with Crippen LogP contribution in [0.25, 0.3) is 0 Å². The molecule has 0 heterocycles. The number of hydrogen-bond donors (Lipinski definition) is 0. The van der Waals surface area contributed by atoms with E-state index in [1.807, 2.05) is 13.8 Å². The molecular weight excluding hydrogens is 205 g/mol. The zero-order valence-corrected chi connectivity index (χ0v) is 9.66. The van der Waals surface area contributed by atoms with Crippen molar-refractivity contribution in [3.63, 3.8) is 0 Å². The number of carbonyl (C=O) groups excluding carboxylic acids is 1. The fourth-order valence-electron chi connectivity index (χ4n) is 1.90. The van der Waals surface area contributed by atoms with E-state index in [0.29, 0.717) is 12.6 Å². The Morgan fingerprint density at radius 1 is 1.50 bits per heavy atom. The second-order valence-electron chi connectivity index (χ2n) is 4.31. The molecule has 0 saturated heterocycles. The fraction of sp³-hybridized carbons (Fsp3) is 0.462. The van der Waals surface area contributed by atoms with Crippen molar-refractivity contribution >= 4 is 5.91 Å². The van der Waals surface area contributed by atoms with Crippen molar-refractivity contribution in [2.45, 2.75) is 32.7 Å². The molecule has 1 saturated carbocycles. The summed E-state index contributed by atoms with van der Waals surface area (Å²) in [5, 5.41) is 0. The number of nitrogens with zero attached hydrogens (tertiary/aromatic N) is 1. The lowest BCUT2D eigenvalue weighted by Crippen LogP contribution is -2.33. The van der Waals surface area contributed by atoms with Gasteiger partial charge in [-0.2, -0.15) is 0 Å². The fourth-order valence-corrected chi connectivity index (χ4v) is 1.90. The van der Waals surface area contributed by atoms with E-state index in [1.54, 1.807) is 17.0 Å². The predicted molar refractivity (Wildman–Crippen MR) is 60.9 cm³/mol. The molecule has 0 radical (unpaired) electrons.